The van der Waals surface area contributed by atoms with Gasteiger partial charge in [0.25, 0.3) is 0 Å². The molecular formula is C17H30N4. The molecule has 118 valence electrons. The van der Waals surface area contributed by atoms with Crippen LogP contribution in [0.25, 0.3) is 0 Å². The summed E-state index contributed by atoms with van der Waals surface area (Å²) in [5.41, 5.74) is 0.676. The molecule has 0 radical (unpaired) electrons. The van der Waals surface area contributed by atoms with Crippen LogP contribution in [-0.4, -0.2) is 34.7 Å². The summed E-state index contributed by atoms with van der Waals surface area (Å²) in [5.74, 6) is 0. The SMILES string of the molecule is CCC(Cn1ccnc1)NC1CCC2(CCNCC2)CC1. The van der Waals surface area contributed by atoms with Crippen molar-refractivity contribution in [1.82, 2.24) is 20.2 Å². The standard InChI is InChI=1S/C17H30N4/c1-2-15(13-21-12-11-19-14-21)20-16-3-5-17(6-4-16)7-9-18-10-8-17/h11-12,14-16,18,20H,2-10,13H2,1H3. The van der Waals surface area contributed by atoms with Crippen LogP contribution in [0.2, 0.25) is 0 Å². The first-order valence-electron chi connectivity index (χ1n) is 8.72. The topological polar surface area (TPSA) is 41.9 Å². The first kappa shape index (κ1) is 15.0. The van der Waals surface area contributed by atoms with Crippen molar-refractivity contribution in [3.05, 3.63) is 18.7 Å². The molecule has 1 unspecified atom stereocenters. The highest BCUT2D eigenvalue weighted by Crippen LogP contribution is 2.43. The lowest BCUT2D eigenvalue weighted by Gasteiger charge is -2.44. The number of hydrogen-bond donors (Lipinski definition) is 2. The van der Waals surface area contributed by atoms with Crippen LogP contribution in [0, 0.1) is 5.41 Å². The zero-order chi connectivity index (χ0) is 14.5. The Kier molecular flexibility index (Phi) is 4.96. The van der Waals surface area contributed by atoms with Gasteiger partial charge in [0.15, 0.2) is 0 Å². The lowest BCUT2D eigenvalue weighted by atomic mass is 9.67. The van der Waals surface area contributed by atoms with E-state index in [1.807, 2.05) is 12.5 Å². The maximum Gasteiger partial charge on any atom is 0.0946 e. The molecule has 1 saturated heterocycles. The Morgan fingerprint density at radius 3 is 2.67 bits per heavy atom. The van der Waals surface area contributed by atoms with Crippen LogP contribution in [0.1, 0.15) is 51.9 Å². The van der Waals surface area contributed by atoms with E-state index < -0.39 is 0 Å². The second kappa shape index (κ2) is 6.93. The molecule has 0 amide bonds. The highest BCUT2D eigenvalue weighted by molar-refractivity contribution is 4.92. The summed E-state index contributed by atoms with van der Waals surface area (Å²) in [6, 6.07) is 1.30. The number of piperidine rings is 1. The largest absolute Gasteiger partial charge is 0.336 e. The molecule has 2 fully saturated rings. The van der Waals surface area contributed by atoms with Gasteiger partial charge in [-0.1, -0.05) is 6.92 Å². The summed E-state index contributed by atoms with van der Waals surface area (Å²) < 4.78 is 2.19. The third-order valence-corrected chi connectivity index (χ3v) is 5.67. The number of hydrogen-bond acceptors (Lipinski definition) is 3. The van der Waals surface area contributed by atoms with Gasteiger partial charge in [0.2, 0.25) is 0 Å². The quantitative estimate of drug-likeness (QED) is 0.876. The average Bonchev–Trinajstić information content (AvgIpc) is 3.03. The van der Waals surface area contributed by atoms with Crippen molar-refractivity contribution in [2.24, 2.45) is 5.41 Å². The fourth-order valence-corrected chi connectivity index (χ4v) is 4.14. The van der Waals surface area contributed by atoms with Gasteiger partial charge in [0.1, 0.15) is 0 Å². The molecule has 4 heteroatoms. The van der Waals surface area contributed by atoms with Crippen molar-refractivity contribution in [2.75, 3.05) is 13.1 Å². The molecule has 1 aliphatic heterocycles. The Balaban J connectivity index is 1.47. The Morgan fingerprint density at radius 2 is 2.05 bits per heavy atom. The highest BCUT2D eigenvalue weighted by Gasteiger charge is 2.36. The van der Waals surface area contributed by atoms with Gasteiger partial charge in [-0.15, -0.1) is 0 Å². The molecule has 4 nitrogen and oxygen atoms in total. The van der Waals surface area contributed by atoms with Crippen molar-refractivity contribution >= 4 is 0 Å². The van der Waals surface area contributed by atoms with Crippen LogP contribution in [0.3, 0.4) is 0 Å². The molecule has 1 aromatic rings. The zero-order valence-corrected chi connectivity index (χ0v) is 13.4. The molecule has 2 N–H and O–H groups in total. The lowest BCUT2D eigenvalue weighted by molar-refractivity contribution is 0.111. The highest BCUT2D eigenvalue weighted by atomic mass is 15.1. The van der Waals surface area contributed by atoms with Gasteiger partial charge in [-0.2, -0.15) is 0 Å². The molecule has 1 aliphatic carbocycles. The number of nitrogens with one attached hydrogen (secondary N) is 2. The van der Waals surface area contributed by atoms with E-state index in [2.05, 4.69) is 33.3 Å². The Bertz CT molecular complexity index is 398. The molecule has 1 aromatic heterocycles. The van der Waals surface area contributed by atoms with Gasteiger partial charge in [-0.25, -0.2) is 4.98 Å². The molecule has 1 saturated carbocycles. The van der Waals surface area contributed by atoms with Gasteiger partial charge in [-0.05, 0) is 63.5 Å². The maximum absolute atomic E-state index is 4.14. The van der Waals surface area contributed by atoms with E-state index >= 15 is 0 Å². The first-order valence-corrected chi connectivity index (χ1v) is 8.72. The summed E-state index contributed by atoms with van der Waals surface area (Å²) >= 11 is 0. The number of aromatic nitrogens is 2. The lowest BCUT2D eigenvalue weighted by Crippen LogP contribution is -2.46. The van der Waals surface area contributed by atoms with Crippen LogP contribution < -0.4 is 10.6 Å². The van der Waals surface area contributed by atoms with E-state index in [-0.39, 0.29) is 0 Å². The van der Waals surface area contributed by atoms with Crippen LogP contribution in [0.4, 0.5) is 0 Å². The molecule has 0 bridgehead atoms. The first-order chi connectivity index (χ1) is 10.3. The molecule has 0 aromatic carbocycles. The summed E-state index contributed by atoms with van der Waals surface area (Å²) in [6.07, 6.45) is 15.4. The monoisotopic (exact) mass is 290 g/mol. The number of rotatable bonds is 5. The average molecular weight is 290 g/mol. The minimum absolute atomic E-state index is 0.575. The van der Waals surface area contributed by atoms with E-state index in [4.69, 9.17) is 0 Å². The smallest absolute Gasteiger partial charge is 0.0946 e. The Morgan fingerprint density at radius 1 is 1.29 bits per heavy atom. The van der Waals surface area contributed by atoms with Crippen molar-refractivity contribution < 1.29 is 0 Å². The summed E-state index contributed by atoms with van der Waals surface area (Å²) in [6.45, 7) is 5.79. The molecule has 1 atom stereocenters. The summed E-state index contributed by atoms with van der Waals surface area (Å²) in [4.78, 5) is 4.14. The Labute approximate surface area is 128 Å². The second-order valence-electron chi connectivity index (χ2n) is 7.06. The van der Waals surface area contributed by atoms with E-state index in [1.165, 1.54) is 58.0 Å². The molecule has 3 rings (SSSR count). The molecular weight excluding hydrogens is 260 g/mol. The number of imidazole rings is 1. The van der Waals surface area contributed by atoms with Gasteiger partial charge in [-0.3, -0.25) is 0 Å². The van der Waals surface area contributed by atoms with Crippen molar-refractivity contribution in [3.8, 4) is 0 Å². The Hall–Kier alpha value is -0.870. The normalized spacial score (nSPS) is 24.2. The predicted molar refractivity (Wildman–Crippen MR) is 86.2 cm³/mol. The molecule has 2 heterocycles. The van der Waals surface area contributed by atoms with Crippen LogP contribution in [0.5, 0.6) is 0 Å². The van der Waals surface area contributed by atoms with E-state index in [0.29, 0.717) is 11.5 Å². The van der Waals surface area contributed by atoms with Crippen LogP contribution in [-0.2, 0) is 6.54 Å². The van der Waals surface area contributed by atoms with Crippen LogP contribution in [0.15, 0.2) is 18.7 Å². The third-order valence-electron chi connectivity index (χ3n) is 5.67. The predicted octanol–water partition coefficient (Wildman–Crippen LogP) is 2.56. The fourth-order valence-electron chi connectivity index (χ4n) is 4.14. The van der Waals surface area contributed by atoms with Gasteiger partial charge in [0.05, 0.1) is 6.33 Å². The van der Waals surface area contributed by atoms with Crippen LogP contribution >= 0.6 is 0 Å². The molecule has 2 aliphatic rings. The second-order valence-corrected chi connectivity index (χ2v) is 7.06. The van der Waals surface area contributed by atoms with Crippen molar-refractivity contribution in [3.63, 3.8) is 0 Å². The van der Waals surface area contributed by atoms with E-state index in [1.54, 1.807) is 0 Å². The maximum atomic E-state index is 4.14. The molecule has 21 heavy (non-hydrogen) atoms. The van der Waals surface area contributed by atoms with Crippen molar-refractivity contribution in [2.45, 2.75) is 70.5 Å². The zero-order valence-electron chi connectivity index (χ0n) is 13.4. The van der Waals surface area contributed by atoms with E-state index in [9.17, 15) is 0 Å². The van der Waals surface area contributed by atoms with Gasteiger partial charge >= 0.3 is 0 Å². The number of nitrogens with zero attached hydrogens (tertiary/aromatic N) is 2. The van der Waals surface area contributed by atoms with Gasteiger partial charge < -0.3 is 15.2 Å². The minimum atomic E-state index is 0.575. The fraction of sp³-hybridized carbons (Fsp3) is 0.824. The third kappa shape index (κ3) is 3.86. The molecule has 1 spiro atoms. The van der Waals surface area contributed by atoms with Crippen molar-refractivity contribution in [1.29, 1.82) is 0 Å². The minimum Gasteiger partial charge on any atom is -0.336 e. The summed E-state index contributed by atoms with van der Waals surface area (Å²) in [5, 5.41) is 7.41. The van der Waals surface area contributed by atoms with E-state index in [0.717, 1.165) is 12.6 Å². The summed E-state index contributed by atoms with van der Waals surface area (Å²) in [7, 11) is 0. The van der Waals surface area contributed by atoms with Gasteiger partial charge in [0, 0.05) is 31.0 Å².